The minimum absolute atomic E-state index is 0.105. The van der Waals surface area contributed by atoms with Crippen molar-refractivity contribution in [2.75, 3.05) is 59.1 Å². The highest BCUT2D eigenvalue weighted by Gasteiger charge is 2.34. The number of amides is 2. The maximum Gasteiger partial charge on any atom is 0.309 e. The third-order valence-corrected chi connectivity index (χ3v) is 7.09. The molecular formula is C20H30N4O6S. The summed E-state index contributed by atoms with van der Waals surface area (Å²) in [4.78, 5) is 26.6. The van der Waals surface area contributed by atoms with Crippen LogP contribution in [0, 0.1) is 0 Å². The molecule has 2 fully saturated rings. The summed E-state index contributed by atoms with van der Waals surface area (Å²) in [5.74, 6) is -1.55. The molecule has 31 heavy (non-hydrogen) atoms. The first-order chi connectivity index (χ1) is 15.0. The smallest absolute Gasteiger partial charge is 0.309 e. The molecular weight excluding hydrogens is 424 g/mol. The third kappa shape index (κ3) is 6.71. The number of morpholine rings is 1. The van der Waals surface area contributed by atoms with Gasteiger partial charge in [0.25, 0.3) is 0 Å². The molecule has 0 aliphatic carbocycles. The van der Waals surface area contributed by atoms with E-state index >= 15 is 0 Å². The average molecular weight is 455 g/mol. The third-order valence-electron chi connectivity index (χ3n) is 5.19. The van der Waals surface area contributed by atoms with Gasteiger partial charge >= 0.3 is 11.8 Å². The van der Waals surface area contributed by atoms with Crippen LogP contribution < -0.4 is 10.6 Å². The van der Waals surface area contributed by atoms with Crippen LogP contribution in [0.3, 0.4) is 0 Å². The average Bonchev–Trinajstić information content (AvgIpc) is 2.81. The Kier molecular flexibility index (Phi) is 8.79. The van der Waals surface area contributed by atoms with E-state index in [0.717, 1.165) is 39.3 Å². The van der Waals surface area contributed by atoms with E-state index in [1.54, 1.807) is 18.2 Å². The van der Waals surface area contributed by atoms with Gasteiger partial charge in [-0.3, -0.25) is 14.5 Å². The summed E-state index contributed by atoms with van der Waals surface area (Å²) in [7, 11) is -3.76. The topological polar surface area (TPSA) is 117 Å². The van der Waals surface area contributed by atoms with Crippen LogP contribution in [-0.2, 0) is 29.1 Å². The van der Waals surface area contributed by atoms with Crippen LogP contribution in [0.15, 0.2) is 35.2 Å². The molecule has 172 valence electrons. The maximum atomic E-state index is 12.9. The van der Waals surface area contributed by atoms with Crippen molar-refractivity contribution in [3.63, 3.8) is 0 Å². The zero-order chi connectivity index (χ0) is 22.1. The fourth-order valence-electron chi connectivity index (χ4n) is 3.50. The van der Waals surface area contributed by atoms with E-state index in [9.17, 15) is 18.0 Å². The lowest BCUT2D eigenvalue weighted by atomic mass is 10.3. The summed E-state index contributed by atoms with van der Waals surface area (Å²) in [5, 5.41) is 5.08. The largest absolute Gasteiger partial charge is 0.379 e. The Labute approximate surface area is 182 Å². The van der Waals surface area contributed by atoms with Gasteiger partial charge in [0, 0.05) is 26.2 Å². The minimum atomic E-state index is -3.76. The zero-order valence-corrected chi connectivity index (χ0v) is 18.3. The second-order valence-electron chi connectivity index (χ2n) is 7.38. The van der Waals surface area contributed by atoms with Crippen molar-refractivity contribution in [1.29, 1.82) is 0 Å². The highest BCUT2D eigenvalue weighted by atomic mass is 32.2. The molecule has 2 aliphatic rings. The van der Waals surface area contributed by atoms with E-state index in [1.807, 2.05) is 0 Å². The first-order valence-corrected chi connectivity index (χ1v) is 12.0. The fraction of sp³-hybridized carbons (Fsp3) is 0.600. The van der Waals surface area contributed by atoms with Crippen molar-refractivity contribution in [1.82, 2.24) is 19.8 Å². The minimum Gasteiger partial charge on any atom is -0.379 e. The van der Waals surface area contributed by atoms with Gasteiger partial charge in [0.15, 0.2) is 0 Å². The van der Waals surface area contributed by atoms with Crippen molar-refractivity contribution < 1.29 is 27.5 Å². The summed E-state index contributed by atoms with van der Waals surface area (Å²) >= 11 is 0. The summed E-state index contributed by atoms with van der Waals surface area (Å²) < 4.78 is 37.9. The molecule has 0 unspecified atom stereocenters. The number of benzene rings is 1. The number of nitrogens with zero attached hydrogens (tertiary/aromatic N) is 2. The molecule has 2 aliphatic heterocycles. The Morgan fingerprint density at radius 2 is 1.71 bits per heavy atom. The Morgan fingerprint density at radius 1 is 1.00 bits per heavy atom. The van der Waals surface area contributed by atoms with Crippen molar-refractivity contribution >= 4 is 21.8 Å². The molecule has 1 aromatic carbocycles. The van der Waals surface area contributed by atoms with Gasteiger partial charge in [0.05, 0.1) is 31.3 Å². The van der Waals surface area contributed by atoms with Crippen LogP contribution in [0.1, 0.15) is 12.8 Å². The van der Waals surface area contributed by atoms with Gasteiger partial charge in [-0.15, -0.1) is 0 Å². The zero-order valence-electron chi connectivity index (χ0n) is 17.5. The predicted octanol–water partition coefficient (Wildman–Crippen LogP) is -0.622. The molecule has 0 bridgehead atoms. The van der Waals surface area contributed by atoms with Gasteiger partial charge in [0.1, 0.15) is 6.23 Å². The second-order valence-corrected chi connectivity index (χ2v) is 9.27. The number of sulfonamides is 1. The monoisotopic (exact) mass is 454 g/mol. The van der Waals surface area contributed by atoms with E-state index < -0.39 is 28.1 Å². The molecule has 10 nitrogen and oxygen atoms in total. The van der Waals surface area contributed by atoms with Crippen LogP contribution in [0.2, 0.25) is 0 Å². The van der Waals surface area contributed by atoms with Crippen molar-refractivity contribution in [3.05, 3.63) is 30.3 Å². The molecule has 2 amide bonds. The molecule has 0 saturated carbocycles. The van der Waals surface area contributed by atoms with Crippen molar-refractivity contribution in [2.24, 2.45) is 0 Å². The van der Waals surface area contributed by atoms with Crippen LogP contribution in [0.25, 0.3) is 0 Å². The summed E-state index contributed by atoms with van der Waals surface area (Å²) in [6.07, 6.45) is 0.422. The Hall–Kier alpha value is -2.05. The Bertz CT molecular complexity index is 829. The van der Waals surface area contributed by atoms with Crippen molar-refractivity contribution in [3.8, 4) is 0 Å². The number of ether oxygens (including phenoxy) is 2. The van der Waals surface area contributed by atoms with Crippen LogP contribution in [0.4, 0.5) is 0 Å². The molecule has 2 saturated heterocycles. The van der Waals surface area contributed by atoms with E-state index in [2.05, 4.69) is 15.5 Å². The number of hydrogen-bond donors (Lipinski definition) is 2. The lowest BCUT2D eigenvalue weighted by molar-refractivity contribution is -0.140. The Balaban J connectivity index is 1.44. The first-order valence-electron chi connectivity index (χ1n) is 10.5. The predicted molar refractivity (Wildman–Crippen MR) is 113 cm³/mol. The maximum absolute atomic E-state index is 12.9. The Morgan fingerprint density at radius 3 is 2.45 bits per heavy atom. The van der Waals surface area contributed by atoms with E-state index in [4.69, 9.17) is 9.47 Å². The number of carbonyl (C=O) groups is 2. The normalized spacial score (nSPS) is 20.8. The molecule has 2 heterocycles. The van der Waals surface area contributed by atoms with Crippen LogP contribution in [-0.4, -0.2) is 94.8 Å². The summed E-state index contributed by atoms with van der Waals surface area (Å²) in [6.45, 7) is 4.96. The molecule has 1 atom stereocenters. The molecule has 1 aromatic rings. The van der Waals surface area contributed by atoms with Gasteiger partial charge in [-0.25, -0.2) is 8.42 Å². The quantitative estimate of drug-likeness (QED) is 0.397. The van der Waals surface area contributed by atoms with E-state index in [0.29, 0.717) is 19.6 Å². The molecule has 0 aromatic heterocycles. The van der Waals surface area contributed by atoms with Gasteiger partial charge in [-0.1, -0.05) is 18.2 Å². The lowest BCUT2D eigenvalue weighted by Gasteiger charge is -2.34. The molecule has 0 radical (unpaired) electrons. The number of rotatable bonds is 8. The van der Waals surface area contributed by atoms with Crippen LogP contribution in [0.5, 0.6) is 0 Å². The first kappa shape index (κ1) is 23.6. The SMILES string of the molecule is O=C(NCCCN1CCOCC1)C(=O)NC[C@@H]1OCCCN1S(=O)(=O)c1ccccc1. The highest BCUT2D eigenvalue weighted by Crippen LogP contribution is 2.21. The van der Waals surface area contributed by atoms with E-state index in [1.165, 1.54) is 16.4 Å². The lowest BCUT2D eigenvalue weighted by Crippen LogP contribution is -2.53. The highest BCUT2D eigenvalue weighted by molar-refractivity contribution is 7.89. The fourth-order valence-corrected chi connectivity index (χ4v) is 5.09. The summed E-state index contributed by atoms with van der Waals surface area (Å²) in [5.41, 5.74) is 0. The molecule has 2 N–H and O–H groups in total. The van der Waals surface area contributed by atoms with Crippen LogP contribution >= 0.6 is 0 Å². The van der Waals surface area contributed by atoms with Gasteiger partial charge in [-0.05, 0) is 31.5 Å². The molecule has 3 rings (SSSR count). The van der Waals surface area contributed by atoms with E-state index in [-0.39, 0.29) is 18.0 Å². The second kappa shape index (κ2) is 11.5. The molecule has 11 heteroatoms. The standard InChI is InChI=1S/C20H30N4O6S/c25-19(21-8-4-9-23-11-14-29-15-12-23)20(26)22-16-18-24(10-5-13-30-18)31(27,28)17-6-2-1-3-7-17/h1-3,6-7,18H,4-5,8-16H2,(H,21,25)(H,22,26)/t18-/m0/s1. The molecule has 0 spiro atoms. The van der Waals surface area contributed by atoms with Gasteiger partial charge in [-0.2, -0.15) is 4.31 Å². The van der Waals surface area contributed by atoms with Gasteiger partial charge in [0.2, 0.25) is 10.0 Å². The van der Waals surface area contributed by atoms with Gasteiger partial charge < -0.3 is 20.1 Å². The number of carbonyl (C=O) groups excluding carboxylic acids is 2. The number of nitrogens with one attached hydrogen (secondary N) is 2. The van der Waals surface area contributed by atoms with Crippen molar-refractivity contribution in [2.45, 2.75) is 24.0 Å². The number of hydrogen-bond acceptors (Lipinski definition) is 7. The summed E-state index contributed by atoms with van der Waals surface area (Å²) in [6, 6.07) is 8.08.